The molecule has 4 rings (SSSR count). The van der Waals surface area contributed by atoms with Gasteiger partial charge in [-0.3, -0.25) is 0 Å². The zero-order valence-electron chi connectivity index (χ0n) is 16.8. The smallest absolute Gasteiger partial charge is 0.363 e. The molecular weight excluding hydrogens is 653 g/mol. The molecule has 0 aliphatic carbocycles. The molecular formula is C24H16Br2INO4. The molecule has 8 heteroatoms. The molecule has 0 N–H and O–H groups in total. The van der Waals surface area contributed by atoms with Gasteiger partial charge in [-0.1, -0.05) is 30.3 Å². The largest absolute Gasteiger partial charge is 0.493 e. The van der Waals surface area contributed by atoms with Gasteiger partial charge >= 0.3 is 5.97 Å². The van der Waals surface area contributed by atoms with E-state index in [1.54, 1.807) is 19.3 Å². The van der Waals surface area contributed by atoms with Crippen molar-refractivity contribution < 1.29 is 19.0 Å². The van der Waals surface area contributed by atoms with Crippen LogP contribution in [0.3, 0.4) is 0 Å². The first kappa shape index (κ1) is 23.0. The topological polar surface area (TPSA) is 57.1 Å². The third kappa shape index (κ3) is 5.07. The zero-order valence-corrected chi connectivity index (χ0v) is 22.1. The highest BCUT2D eigenvalue weighted by atomic mass is 127. The molecule has 5 nitrogen and oxygen atoms in total. The highest BCUT2D eigenvalue weighted by Gasteiger charge is 2.25. The van der Waals surface area contributed by atoms with E-state index in [2.05, 4.69) is 59.4 Å². The van der Waals surface area contributed by atoms with E-state index in [0.29, 0.717) is 28.1 Å². The first-order valence-electron chi connectivity index (χ1n) is 9.47. The van der Waals surface area contributed by atoms with Crippen LogP contribution >= 0.6 is 54.5 Å². The van der Waals surface area contributed by atoms with E-state index in [9.17, 15) is 4.79 Å². The van der Waals surface area contributed by atoms with Crippen molar-refractivity contribution in [1.29, 1.82) is 0 Å². The first-order valence-corrected chi connectivity index (χ1v) is 12.1. The number of hydrogen-bond acceptors (Lipinski definition) is 5. The Hall–Kier alpha value is -2.17. The maximum Gasteiger partial charge on any atom is 0.363 e. The second-order valence-electron chi connectivity index (χ2n) is 6.73. The summed E-state index contributed by atoms with van der Waals surface area (Å²) >= 11 is 9.30. The van der Waals surface area contributed by atoms with E-state index in [4.69, 9.17) is 14.2 Å². The van der Waals surface area contributed by atoms with Crippen LogP contribution in [0, 0.1) is 3.57 Å². The third-order valence-corrected chi connectivity index (χ3v) is 6.94. The normalized spacial score (nSPS) is 14.3. The Balaban J connectivity index is 1.61. The van der Waals surface area contributed by atoms with Gasteiger partial charge in [0.15, 0.2) is 17.2 Å². The molecule has 162 valence electrons. The summed E-state index contributed by atoms with van der Waals surface area (Å²) in [7, 11) is 1.57. The fourth-order valence-electron chi connectivity index (χ4n) is 3.05. The first-order chi connectivity index (χ1) is 15.5. The summed E-state index contributed by atoms with van der Waals surface area (Å²) in [5.74, 6) is 0.876. The molecule has 0 bridgehead atoms. The van der Waals surface area contributed by atoms with Gasteiger partial charge in [0, 0.05) is 13.6 Å². The molecule has 1 aliphatic rings. The molecule has 0 unspecified atom stereocenters. The van der Waals surface area contributed by atoms with Crippen LogP contribution in [-0.2, 0) is 16.1 Å². The van der Waals surface area contributed by atoms with Crippen LogP contribution in [0.4, 0.5) is 0 Å². The Bertz CT molecular complexity index is 1260. The molecule has 1 heterocycles. The number of nitrogens with zero attached hydrogens (tertiary/aromatic N) is 1. The number of aliphatic imine (C=N–C) groups is 1. The van der Waals surface area contributed by atoms with E-state index < -0.39 is 5.97 Å². The van der Waals surface area contributed by atoms with Gasteiger partial charge in [0.1, 0.15) is 6.61 Å². The maximum atomic E-state index is 12.4. The van der Waals surface area contributed by atoms with Crippen molar-refractivity contribution in [3.05, 3.63) is 95.6 Å². The number of benzene rings is 3. The number of methoxy groups -OCH3 is 1. The molecule has 3 aromatic carbocycles. The Kier molecular flexibility index (Phi) is 7.32. The predicted octanol–water partition coefficient (Wildman–Crippen LogP) is 6.75. The minimum absolute atomic E-state index is 0.206. The van der Waals surface area contributed by atoms with Crippen LogP contribution in [0.5, 0.6) is 11.5 Å². The number of hydrogen-bond donors (Lipinski definition) is 0. The number of carbonyl (C=O) groups excluding carboxylic acids is 1. The molecule has 0 aromatic heterocycles. The number of cyclic esters (lactones) is 1. The lowest BCUT2D eigenvalue weighted by Gasteiger charge is -2.14. The maximum absolute atomic E-state index is 12.4. The molecule has 1 aliphatic heterocycles. The molecule has 0 spiro atoms. The highest BCUT2D eigenvalue weighted by molar-refractivity contribution is 14.1. The molecule has 3 aromatic rings. The van der Waals surface area contributed by atoms with Crippen LogP contribution in [0.15, 0.2) is 80.3 Å². The van der Waals surface area contributed by atoms with Crippen molar-refractivity contribution in [1.82, 2.24) is 0 Å². The summed E-state index contributed by atoms with van der Waals surface area (Å²) in [6.45, 7) is 0.403. The van der Waals surface area contributed by atoms with Crippen molar-refractivity contribution in [3.8, 4) is 11.5 Å². The van der Waals surface area contributed by atoms with Gasteiger partial charge in [0.25, 0.3) is 0 Å². The fourth-order valence-corrected chi connectivity index (χ4v) is 4.62. The summed E-state index contributed by atoms with van der Waals surface area (Å²) in [5.41, 5.74) is 2.72. The van der Waals surface area contributed by atoms with E-state index in [1.807, 2.05) is 54.6 Å². The molecule has 0 saturated carbocycles. The van der Waals surface area contributed by atoms with Crippen LogP contribution < -0.4 is 9.47 Å². The van der Waals surface area contributed by atoms with Crippen molar-refractivity contribution in [3.63, 3.8) is 0 Å². The Morgan fingerprint density at radius 1 is 1.06 bits per heavy atom. The Morgan fingerprint density at radius 3 is 2.56 bits per heavy atom. The summed E-state index contributed by atoms with van der Waals surface area (Å²) < 4.78 is 19.6. The van der Waals surface area contributed by atoms with Crippen LogP contribution in [0.2, 0.25) is 0 Å². The van der Waals surface area contributed by atoms with Gasteiger partial charge < -0.3 is 14.2 Å². The van der Waals surface area contributed by atoms with Crippen molar-refractivity contribution in [2.75, 3.05) is 7.11 Å². The molecule has 0 amide bonds. The second kappa shape index (κ2) is 10.2. The lowest BCUT2D eigenvalue weighted by molar-refractivity contribution is -0.129. The quantitative estimate of drug-likeness (QED) is 0.166. The minimum atomic E-state index is -0.509. The van der Waals surface area contributed by atoms with E-state index in [-0.39, 0.29) is 11.6 Å². The summed E-state index contributed by atoms with van der Waals surface area (Å²) in [5, 5.41) is 0. The molecule has 0 fully saturated rings. The Morgan fingerprint density at radius 2 is 1.81 bits per heavy atom. The van der Waals surface area contributed by atoms with Crippen molar-refractivity contribution in [2.45, 2.75) is 6.61 Å². The van der Waals surface area contributed by atoms with E-state index >= 15 is 0 Å². The zero-order chi connectivity index (χ0) is 22.7. The van der Waals surface area contributed by atoms with E-state index in [1.165, 1.54) is 0 Å². The van der Waals surface area contributed by atoms with Crippen LogP contribution in [-0.4, -0.2) is 19.0 Å². The van der Waals surface area contributed by atoms with Gasteiger partial charge in [-0.2, -0.15) is 0 Å². The monoisotopic (exact) mass is 667 g/mol. The highest BCUT2D eigenvalue weighted by Crippen LogP contribution is 2.38. The van der Waals surface area contributed by atoms with Crippen molar-refractivity contribution >= 4 is 72.4 Å². The lowest BCUT2D eigenvalue weighted by Crippen LogP contribution is -2.05. The van der Waals surface area contributed by atoms with Gasteiger partial charge in [0.2, 0.25) is 5.90 Å². The van der Waals surface area contributed by atoms with E-state index in [0.717, 1.165) is 19.2 Å². The molecule has 32 heavy (non-hydrogen) atoms. The Labute approximate surface area is 215 Å². The van der Waals surface area contributed by atoms with Gasteiger partial charge in [0.05, 0.1) is 17.1 Å². The predicted molar refractivity (Wildman–Crippen MR) is 139 cm³/mol. The number of halogens is 3. The van der Waals surface area contributed by atoms with Gasteiger partial charge in [-0.25, -0.2) is 9.79 Å². The fraction of sp³-hybridized carbons (Fsp3) is 0.0833. The SMILES string of the molecule is COc1cc(/C=C2\N=C(c3ccccc3Br)OC2=O)cc(Br)c1OCc1ccccc1I. The standard InChI is InChI=1S/C24H16Br2INO4/c1-30-21-12-14(10-18(26)22(21)31-13-15-6-2-5-9-19(15)27)11-20-24(29)32-23(28-20)16-7-3-4-8-17(16)25/h2-12H,13H2,1H3/b20-11-. The molecule has 0 saturated heterocycles. The third-order valence-electron chi connectivity index (χ3n) is 4.61. The average molecular weight is 669 g/mol. The average Bonchev–Trinajstić information content (AvgIpc) is 3.14. The number of ether oxygens (including phenoxy) is 3. The number of esters is 1. The summed E-state index contributed by atoms with van der Waals surface area (Å²) in [6.07, 6.45) is 1.66. The van der Waals surface area contributed by atoms with Crippen molar-refractivity contribution in [2.24, 2.45) is 4.99 Å². The summed E-state index contributed by atoms with van der Waals surface area (Å²) in [4.78, 5) is 16.8. The van der Waals surface area contributed by atoms with Crippen LogP contribution in [0.1, 0.15) is 16.7 Å². The number of rotatable bonds is 6. The van der Waals surface area contributed by atoms with Crippen LogP contribution in [0.25, 0.3) is 6.08 Å². The van der Waals surface area contributed by atoms with Gasteiger partial charge in [-0.05, 0) is 96.4 Å². The van der Waals surface area contributed by atoms with Gasteiger partial charge in [-0.15, -0.1) is 0 Å². The molecule has 0 atom stereocenters. The summed E-state index contributed by atoms with van der Waals surface area (Å²) in [6, 6.07) is 19.1. The second-order valence-corrected chi connectivity index (χ2v) is 9.60. The minimum Gasteiger partial charge on any atom is -0.493 e. The number of carbonyl (C=O) groups is 1. The lowest BCUT2D eigenvalue weighted by atomic mass is 10.1. The molecule has 0 radical (unpaired) electrons.